The number of nitrogens with one attached hydrogen (secondary N) is 1. The van der Waals surface area contributed by atoms with Gasteiger partial charge in [0.1, 0.15) is 12.4 Å². The van der Waals surface area contributed by atoms with Crippen LogP contribution >= 0.6 is 11.6 Å². The number of aromatic carboxylic acids is 1. The first-order valence-electron chi connectivity index (χ1n) is 5.87. The number of anilines is 1. The second-order valence-corrected chi connectivity index (χ2v) is 4.73. The van der Waals surface area contributed by atoms with Gasteiger partial charge in [-0.25, -0.2) is 14.8 Å². The molecule has 7 heteroatoms. The van der Waals surface area contributed by atoms with Gasteiger partial charge >= 0.3 is 5.97 Å². The molecule has 0 saturated heterocycles. The third-order valence-electron chi connectivity index (χ3n) is 2.96. The van der Waals surface area contributed by atoms with Gasteiger partial charge in [0, 0.05) is 23.0 Å². The molecule has 0 fully saturated rings. The van der Waals surface area contributed by atoms with Crippen molar-refractivity contribution in [3.63, 3.8) is 0 Å². The van der Waals surface area contributed by atoms with E-state index in [2.05, 4.69) is 15.3 Å². The fourth-order valence-electron chi connectivity index (χ4n) is 1.97. The van der Waals surface area contributed by atoms with Crippen LogP contribution in [-0.4, -0.2) is 27.7 Å². The van der Waals surface area contributed by atoms with Crippen molar-refractivity contribution in [2.24, 2.45) is 0 Å². The molecule has 2 heterocycles. The molecule has 1 aromatic heterocycles. The fraction of sp³-hybridized carbons (Fsp3) is 0.154. The zero-order chi connectivity index (χ0) is 14.1. The SMILES string of the molecule is O=C(O)c1cnc(NC2COc3cc(Cl)ccc32)nc1. The van der Waals surface area contributed by atoms with E-state index in [1.54, 1.807) is 12.1 Å². The predicted molar refractivity (Wildman–Crippen MR) is 72.3 cm³/mol. The molecule has 0 amide bonds. The summed E-state index contributed by atoms with van der Waals surface area (Å²) in [5.74, 6) is 0.0318. The van der Waals surface area contributed by atoms with Crippen molar-refractivity contribution in [3.05, 3.63) is 46.7 Å². The highest BCUT2D eigenvalue weighted by Crippen LogP contribution is 2.35. The first-order chi connectivity index (χ1) is 9.63. The van der Waals surface area contributed by atoms with Gasteiger partial charge in [-0.15, -0.1) is 0 Å². The summed E-state index contributed by atoms with van der Waals surface area (Å²) in [4.78, 5) is 18.7. The van der Waals surface area contributed by atoms with Crippen LogP contribution in [0.5, 0.6) is 5.75 Å². The number of carbonyl (C=O) groups is 1. The highest BCUT2D eigenvalue weighted by molar-refractivity contribution is 6.30. The van der Waals surface area contributed by atoms with E-state index in [1.165, 1.54) is 12.4 Å². The summed E-state index contributed by atoms with van der Waals surface area (Å²) in [6.45, 7) is 0.444. The molecule has 0 aliphatic carbocycles. The lowest BCUT2D eigenvalue weighted by molar-refractivity contribution is 0.0696. The van der Waals surface area contributed by atoms with E-state index in [-0.39, 0.29) is 11.6 Å². The fourth-order valence-corrected chi connectivity index (χ4v) is 2.13. The van der Waals surface area contributed by atoms with Crippen molar-refractivity contribution < 1.29 is 14.6 Å². The van der Waals surface area contributed by atoms with E-state index in [4.69, 9.17) is 21.4 Å². The van der Waals surface area contributed by atoms with Gasteiger partial charge in [-0.2, -0.15) is 0 Å². The van der Waals surface area contributed by atoms with E-state index >= 15 is 0 Å². The first kappa shape index (κ1) is 12.7. The number of fused-ring (bicyclic) bond motifs is 1. The number of ether oxygens (including phenoxy) is 1. The van der Waals surface area contributed by atoms with Crippen molar-refractivity contribution in [1.29, 1.82) is 0 Å². The maximum atomic E-state index is 10.7. The molecule has 1 unspecified atom stereocenters. The summed E-state index contributed by atoms with van der Waals surface area (Å²) in [7, 11) is 0. The molecule has 0 bridgehead atoms. The van der Waals surface area contributed by atoms with Crippen LogP contribution in [0.25, 0.3) is 0 Å². The quantitative estimate of drug-likeness (QED) is 0.903. The van der Waals surface area contributed by atoms with E-state index in [0.29, 0.717) is 17.6 Å². The molecule has 2 N–H and O–H groups in total. The Kier molecular flexibility index (Phi) is 3.15. The molecule has 0 saturated carbocycles. The average molecular weight is 292 g/mol. The lowest BCUT2D eigenvalue weighted by Gasteiger charge is -2.11. The van der Waals surface area contributed by atoms with Crippen LogP contribution in [0, 0.1) is 0 Å². The zero-order valence-electron chi connectivity index (χ0n) is 10.2. The van der Waals surface area contributed by atoms with Crippen LogP contribution in [0.2, 0.25) is 5.02 Å². The molecule has 3 rings (SSSR count). The molecule has 2 aromatic rings. The number of benzene rings is 1. The molecule has 6 nitrogen and oxygen atoms in total. The van der Waals surface area contributed by atoms with Crippen LogP contribution in [0.4, 0.5) is 5.95 Å². The third kappa shape index (κ3) is 2.37. The van der Waals surface area contributed by atoms with Crippen LogP contribution in [-0.2, 0) is 0 Å². The van der Waals surface area contributed by atoms with E-state index in [9.17, 15) is 4.79 Å². The Balaban J connectivity index is 1.78. The van der Waals surface area contributed by atoms with Crippen molar-refractivity contribution in [2.45, 2.75) is 6.04 Å². The number of hydrogen-bond donors (Lipinski definition) is 2. The van der Waals surface area contributed by atoms with E-state index in [1.807, 2.05) is 6.07 Å². The van der Waals surface area contributed by atoms with Gasteiger partial charge in [0.15, 0.2) is 0 Å². The second kappa shape index (κ2) is 4.97. The van der Waals surface area contributed by atoms with Gasteiger partial charge in [-0.3, -0.25) is 0 Å². The molecule has 1 aromatic carbocycles. The van der Waals surface area contributed by atoms with Crippen molar-refractivity contribution in [3.8, 4) is 5.75 Å². The van der Waals surface area contributed by atoms with Crippen molar-refractivity contribution >= 4 is 23.5 Å². The summed E-state index contributed by atoms with van der Waals surface area (Å²) in [6.07, 6.45) is 2.52. The average Bonchev–Trinajstić information content (AvgIpc) is 2.81. The molecule has 0 spiro atoms. The van der Waals surface area contributed by atoms with Gasteiger partial charge in [0.05, 0.1) is 11.6 Å². The number of nitrogens with zero attached hydrogens (tertiary/aromatic N) is 2. The lowest BCUT2D eigenvalue weighted by atomic mass is 10.1. The molecular weight excluding hydrogens is 282 g/mol. The Bertz CT molecular complexity index is 660. The smallest absolute Gasteiger partial charge is 0.338 e. The first-order valence-corrected chi connectivity index (χ1v) is 6.25. The van der Waals surface area contributed by atoms with Crippen LogP contribution in [0.3, 0.4) is 0 Å². The number of halogens is 1. The molecule has 1 aliphatic rings. The summed E-state index contributed by atoms with van der Waals surface area (Å²) >= 11 is 5.90. The van der Waals surface area contributed by atoms with E-state index in [0.717, 1.165) is 11.3 Å². The zero-order valence-corrected chi connectivity index (χ0v) is 11.0. The lowest BCUT2D eigenvalue weighted by Crippen LogP contribution is -2.14. The van der Waals surface area contributed by atoms with Crippen LogP contribution in [0.15, 0.2) is 30.6 Å². The minimum absolute atomic E-state index is 0.0467. The molecule has 1 atom stereocenters. The molecule has 0 radical (unpaired) electrons. The topological polar surface area (TPSA) is 84.3 Å². The normalized spacial score (nSPS) is 16.4. The predicted octanol–water partition coefficient (Wildman–Crippen LogP) is 2.37. The highest BCUT2D eigenvalue weighted by atomic mass is 35.5. The van der Waals surface area contributed by atoms with Crippen molar-refractivity contribution in [2.75, 3.05) is 11.9 Å². The summed E-state index contributed by atoms with van der Waals surface area (Å²) in [5, 5.41) is 12.5. The largest absolute Gasteiger partial charge is 0.491 e. The monoisotopic (exact) mass is 291 g/mol. The minimum Gasteiger partial charge on any atom is -0.491 e. The second-order valence-electron chi connectivity index (χ2n) is 4.29. The van der Waals surface area contributed by atoms with Crippen molar-refractivity contribution in [1.82, 2.24) is 9.97 Å². The van der Waals surface area contributed by atoms with Gasteiger partial charge in [0.2, 0.25) is 5.95 Å². The maximum Gasteiger partial charge on any atom is 0.338 e. The Labute approximate surface area is 119 Å². The summed E-state index contributed by atoms with van der Waals surface area (Å²) in [5.41, 5.74) is 1.02. The standard InChI is InChI=1S/C13H10ClN3O3/c14-8-1-2-9-10(6-20-11(9)3-8)17-13-15-4-7(5-16-13)12(18)19/h1-5,10H,6H2,(H,18,19)(H,15,16,17). The van der Waals surface area contributed by atoms with Gasteiger partial charge < -0.3 is 15.2 Å². The number of aromatic nitrogens is 2. The maximum absolute atomic E-state index is 10.7. The number of hydrogen-bond acceptors (Lipinski definition) is 5. The Morgan fingerprint density at radius 1 is 1.40 bits per heavy atom. The molecular formula is C13H10ClN3O3. The Morgan fingerprint density at radius 3 is 2.85 bits per heavy atom. The number of carboxylic acids is 1. The van der Waals surface area contributed by atoms with Gasteiger partial charge in [-0.05, 0) is 12.1 Å². The molecule has 20 heavy (non-hydrogen) atoms. The summed E-state index contributed by atoms with van der Waals surface area (Å²) in [6, 6.07) is 5.34. The Morgan fingerprint density at radius 2 is 2.15 bits per heavy atom. The molecule has 1 aliphatic heterocycles. The van der Waals surface area contributed by atoms with Gasteiger partial charge in [-0.1, -0.05) is 17.7 Å². The van der Waals surface area contributed by atoms with Crippen LogP contribution < -0.4 is 10.1 Å². The minimum atomic E-state index is -1.05. The molecule has 102 valence electrons. The Hall–Kier alpha value is -2.34. The van der Waals surface area contributed by atoms with E-state index < -0.39 is 5.97 Å². The highest BCUT2D eigenvalue weighted by Gasteiger charge is 2.24. The van der Waals surface area contributed by atoms with Gasteiger partial charge in [0.25, 0.3) is 0 Å². The number of rotatable bonds is 3. The number of carboxylic acid groups (broad SMARTS) is 1. The van der Waals surface area contributed by atoms with Crippen LogP contribution in [0.1, 0.15) is 22.0 Å². The third-order valence-corrected chi connectivity index (χ3v) is 3.19. The summed E-state index contributed by atoms with van der Waals surface area (Å²) < 4.78 is 5.53.